The Bertz CT molecular complexity index is 407. The van der Waals surface area contributed by atoms with E-state index in [0.717, 1.165) is 25.7 Å². The highest BCUT2D eigenvalue weighted by atomic mass is 16.5. The molecule has 1 saturated heterocycles. The largest absolute Gasteiger partial charge is 0.467 e. The molecule has 1 unspecified atom stereocenters. The van der Waals surface area contributed by atoms with E-state index in [0.29, 0.717) is 25.8 Å². The third kappa shape index (κ3) is 2.44. The lowest BCUT2D eigenvalue weighted by Crippen LogP contribution is -2.49. The molecular weight excluding hydrogens is 244 g/mol. The third-order valence-electron chi connectivity index (χ3n) is 4.32. The first-order valence-electron chi connectivity index (χ1n) is 6.95. The maximum Gasteiger partial charge on any atom is 0.328 e. The molecule has 1 aliphatic heterocycles. The zero-order valence-electron chi connectivity index (χ0n) is 11.4. The summed E-state index contributed by atoms with van der Waals surface area (Å²) in [5.41, 5.74) is -0.908. The van der Waals surface area contributed by atoms with Gasteiger partial charge in [0.2, 0.25) is 5.91 Å². The average molecular weight is 264 g/mol. The first-order chi connectivity index (χ1) is 9.14. The summed E-state index contributed by atoms with van der Waals surface area (Å²) in [6, 6.07) is 1.73. The Morgan fingerprint density at radius 3 is 2.53 bits per heavy atom. The Morgan fingerprint density at radius 2 is 1.95 bits per heavy atom. The van der Waals surface area contributed by atoms with Gasteiger partial charge < -0.3 is 9.64 Å². The van der Waals surface area contributed by atoms with Gasteiger partial charge in [-0.1, -0.05) is 19.3 Å². The molecule has 5 nitrogen and oxygen atoms in total. The van der Waals surface area contributed by atoms with Crippen molar-refractivity contribution in [1.29, 1.82) is 5.26 Å². The van der Waals surface area contributed by atoms with Crippen molar-refractivity contribution in [3.05, 3.63) is 0 Å². The number of carbonyl (C=O) groups is 2. The molecule has 19 heavy (non-hydrogen) atoms. The summed E-state index contributed by atoms with van der Waals surface area (Å²) in [4.78, 5) is 26.0. The Balaban J connectivity index is 2.18. The second-order valence-corrected chi connectivity index (χ2v) is 5.43. The molecule has 0 aromatic rings. The molecule has 1 heterocycles. The van der Waals surface area contributed by atoms with Gasteiger partial charge in [-0.3, -0.25) is 4.79 Å². The van der Waals surface area contributed by atoms with Crippen molar-refractivity contribution >= 4 is 11.9 Å². The van der Waals surface area contributed by atoms with Crippen LogP contribution in [-0.2, 0) is 14.3 Å². The smallest absolute Gasteiger partial charge is 0.328 e. The van der Waals surface area contributed by atoms with E-state index in [1.54, 1.807) is 4.90 Å². The molecule has 0 spiro atoms. The van der Waals surface area contributed by atoms with Crippen LogP contribution in [0.4, 0.5) is 0 Å². The molecule has 1 aliphatic carbocycles. The quantitative estimate of drug-likeness (QED) is 0.711. The fraction of sp³-hybridized carbons (Fsp3) is 0.786. The zero-order valence-corrected chi connectivity index (χ0v) is 11.4. The molecule has 2 aliphatic rings. The number of ether oxygens (including phenoxy) is 1. The molecule has 1 saturated carbocycles. The maximum absolute atomic E-state index is 12.7. The summed E-state index contributed by atoms with van der Waals surface area (Å²) in [7, 11) is 1.34. The number of hydrogen-bond donors (Lipinski definition) is 0. The molecule has 5 heteroatoms. The van der Waals surface area contributed by atoms with Crippen LogP contribution < -0.4 is 0 Å². The lowest BCUT2D eigenvalue weighted by atomic mass is 9.74. The van der Waals surface area contributed by atoms with Crippen LogP contribution in [-0.4, -0.2) is 36.5 Å². The maximum atomic E-state index is 12.7. The van der Waals surface area contributed by atoms with Crippen LogP contribution in [0, 0.1) is 16.7 Å². The number of likely N-dealkylation sites (tertiary alicyclic amines) is 1. The van der Waals surface area contributed by atoms with Gasteiger partial charge in [-0.05, 0) is 25.7 Å². The standard InChI is InChI=1S/C14H20N2O3/c1-19-12(17)11-6-5-9-16(11)13(18)14(10-15)7-3-2-4-8-14/h11H,2-9H2,1H3. The lowest BCUT2D eigenvalue weighted by Gasteiger charge is -2.34. The van der Waals surface area contributed by atoms with Gasteiger partial charge in [-0.15, -0.1) is 0 Å². The molecule has 0 N–H and O–H groups in total. The average Bonchev–Trinajstić information content (AvgIpc) is 2.95. The van der Waals surface area contributed by atoms with E-state index in [1.807, 2.05) is 0 Å². The number of hydrogen-bond acceptors (Lipinski definition) is 4. The molecule has 2 fully saturated rings. The van der Waals surface area contributed by atoms with Crippen molar-refractivity contribution < 1.29 is 14.3 Å². The molecule has 0 aromatic heterocycles. The van der Waals surface area contributed by atoms with Crippen LogP contribution in [0.1, 0.15) is 44.9 Å². The van der Waals surface area contributed by atoms with Gasteiger partial charge >= 0.3 is 5.97 Å². The van der Waals surface area contributed by atoms with Crippen LogP contribution in [0.25, 0.3) is 0 Å². The van der Waals surface area contributed by atoms with E-state index in [4.69, 9.17) is 4.74 Å². The van der Waals surface area contributed by atoms with Gasteiger partial charge in [0, 0.05) is 6.54 Å². The third-order valence-corrected chi connectivity index (χ3v) is 4.32. The van der Waals surface area contributed by atoms with Crippen molar-refractivity contribution in [1.82, 2.24) is 4.90 Å². The predicted octanol–water partition coefficient (Wildman–Crippen LogP) is 1.62. The topological polar surface area (TPSA) is 70.4 Å². The number of nitriles is 1. The number of carbonyl (C=O) groups excluding carboxylic acids is 2. The Labute approximate surface area is 113 Å². The molecule has 1 amide bonds. The van der Waals surface area contributed by atoms with Gasteiger partial charge in [0.1, 0.15) is 11.5 Å². The first-order valence-corrected chi connectivity index (χ1v) is 6.95. The van der Waals surface area contributed by atoms with E-state index < -0.39 is 11.5 Å². The second-order valence-electron chi connectivity index (χ2n) is 5.43. The summed E-state index contributed by atoms with van der Waals surface area (Å²) in [5.74, 6) is -0.530. The van der Waals surface area contributed by atoms with Crippen LogP contribution >= 0.6 is 0 Å². The Hall–Kier alpha value is -1.57. The van der Waals surface area contributed by atoms with E-state index in [1.165, 1.54) is 7.11 Å². The number of rotatable bonds is 2. The van der Waals surface area contributed by atoms with Gasteiger partial charge in [-0.25, -0.2) is 4.79 Å². The SMILES string of the molecule is COC(=O)C1CCCN1C(=O)C1(C#N)CCCCC1. The predicted molar refractivity (Wildman–Crippen MR) is 67.9 cm³/mol. The minimum absolute atomic E-state index is 0.164. The highest BCUT2D eigenvalue weighted by Gasteiger charge is 2.46. The van der Waals surface area contributed by atoms with E-state index >= 15 is 0 Å². The number of nitrogens with zero attached hydrogens (tertiary/aromatic N) is 2. The lowest BCUT2D eigenvalue weighted by molar-refractivity contribution is -0.154. The van der Waals surface area contributed by atoms with Crippen molar-refractivity contribution in [2.75, 3.05) is 13.7 Å². The first kappa shape index (κ1) is 13.9. The zero-order chi connectivity index (χ0) is 13.9. The van der Waals surface area contributed by atoms with Crippen LogP contribution in [0.15, 0.2) is 0 Å². The number of methoxy groups -OCH3 is 1. The van der Waals surface area contributed by atoms with Crippen molar-refractivity contribution in [2.45, 2.75) is 51.0 Å². The molecule has 0 aromatic carbocycles. The summed E-state index contributed by atoms with van der Waals surface area (Å²) in [5, 5.41) is 9.44. The highest BCUT2D eigenvalue weighted by molar-refractivity contribution is 5.90. The molecule has 1 atom stereocenters. The van der Waals surface area contributed by atoms with E-state index in [-0.39, 0.29) is 11.9 Å². The van der Waals surface area contributed by atoms with Gasteiger partial charge in [0.15, 0.2) is 0 Å². The number of esters is 1. The van der Waals surface area contributed by atoms with Crippen molar-refractivity contribution in [3.63, 3.8) is 0 Å². The van der Waals surface area contributed by atoms with Gasteiger partial charge in [0.05, 0.1) is 13.2 Å². The second kappa shape index (κ2) is 5.60. The molecule has 104 valence electrons. The molecule has 0 radical (unpaired) electrons. The Morgan fingerprint density at radius 1 is 1.26 bits per heavy atom. The summed E-state index contributed by atoms with van der Waals surface area (Å²) >= 11 is 0. The fourth-order valence-electron chi connectivity index (χ4n) is 3.19. The molecule has 0 bridgehead atoms. The van der Waals surface area contributed by atoms with E-state index in [9.17, 15) is 14.9 Å². The summed E-state index contributed by atoms with van der Waals surface area (Å²) < 4.78 is 4.75. The van der Waals surface area contributed by atoms with Crippen LogP contribution in [0.5, 0.6) is 0 Å². The van der Waals surface area contributed by atoms with Crippen LogP contribution in [0.2, 0.25) is 0 Å². The normalized spacial score (nSPS) is 25.7. The minimum Gasteiger partial charge on any atom is -0.467 e. The van der Waals surface area contributed by atoms with Crippen LogP contribution in [0.3, 0.4) is 0 Å². The molecular formula is C14H20N2O3. The minimum atomic E-state index is -0.908. The van der Waals surface area contributed by atoms with Gasteiger partial charge in [0.25, 0.3) is 0 Å². The number of amides is 1. The fourth-order valence-corrected chi connectivity index (χ4v) is 3.19. The monoisotopic (exact) mass is 264 g/mol. The van der Waals surface area contributed by atoms with Gasteiger partial charge in [-0.2, -0.15) is 5.26 Å². The highest BCUT2D eigenvalue weighted by Crippen LogP contribution is 2.39. The van der Waals surface area contributed by atoms with Crippen molar-refractivity contribution in [3.8, 4) is 6.07 Å². The molecule has 2 rings (SSSR count). The Kier molecular flexibility index (Phi) is 4.08. The van der Waals surface area contributed by atoms with E-state index in [2.05, 4.69) is 6.07 Å². The summed E-state index contributed by atoms with van der Waals surface area (Å²) in [6.45, 7) is 0.558. The summed E-state index contributed by atoms with van der Waals surface area (Å²) in [6.07, 6.45) is 5.58. The van der Waals surface area contributed by atoms with Crippen molar-refractivity contribution in [2.24, 2.45) is 5.41 Å².